The molecule has 0 aliphatic heterocycles. The van der Waals surface area contributed by atoms with Crippen LogP contribution in [0.25, 0.3) is 0 Å². The van der Waals surface area contributed by atoms with Gasteiger partial charge < -0.3 is 9.67 Å². The van der Waals surface area contributed by atoms with Crippen molar-refractivity contribution in [2.75, 3.05) is 0 Å². The second-order valence-electron chi connectivity index (χ2n) is 4.26. The maximum Gasteiger partial charge on any atom is 0.254 e. The second kappa shape index (κ2) is 4.45. The molecule has 0 atom stereocenters. The van der Waals surface area contributed by atoms with Crippen LogP contribution in [0.5, 0.6) is 5.75 Å². The van der Waals surface area contributed by atoms with Gasteiger partial charge in [-0.15, -0.1) is 0 Å². The van der Waals surface area contributed by atoms with Crippen molar-refractivity contribution in [3.8, 4) is 5.75 Å². The third-order valence-corrected chi connectivity index (χ3v) is 2.78. The largest absolute Gasteiger partial charge is 0.508 e. The molecule has 0 saturated heterocycles. The summed E-state index contributed by atoms with van der Waals surface area (Å²) in [5.41, 5.74) is 2.86. The van der Waals surface area contributed by atoms with Crippen LogP contribution >= 0.6 is 0 Å². The molecule has 0 spiro atoms. The Kier molecular flexibility index (Phi) is 3.00. The van der Waals surface area contributed by atoms with Crippen molar-refractivity contribution in [1.82, 2.24) is 4.57 Å². The van der Waals surface area contributed by atoms with Crippen molar-refractivity contribution in [3.63, 3.8) is 0 Å². The van der Waals surface area contributed by atoms with E-state index >= 15 is 0 Å². The molecule has 3 heteroatoms. The minimum absolute atomic E-state index is 0.0210. The Morgan fingerprint density at radius 2 is 1.76 bits per heavy atom. The minimum atomic E-state index is -0.178. The molecule has 2 rings (SSSR count). The van der Waals surface area contributed by atoms with Crippen LogP contribution in [0.2, 0.25) is 0 Å². The van der Waals surface area contributed by atoms with Gasteiger partial charge in [0.25, 0.3) is 5.56 Å². The zero-order chi connectivity index (χ0) is 12.4. The highest BCUT2D eigenvalue weighted by molar-refractivity contribution is 5.25. The van der Waals surface area contributed by atoms with Gasteiger partial charge in [0.05, 0.1) is 6.54 Å². The van der Waals surface area contributed by atoms with Gasteiger partial charge in [0.1, 0.15) is 5.75 Å². The molecular formula is C14H15NO2. The first kappa shape index (κ1) is 11.5. The smallest absolute Gasteiger partial charge is 0.254 e. The molecule has 3 nitrogen and oxygen atoms in total. The summed E-state index contributed by atoms with van der Waals surface area (Å²) < 4.78 is 1.64. The Balaban J connectivity index is 2.36. The third-order valence-electron chi connectivity index (χ3n) is 2.78. The molecule has 2 aromatic rings. The molecule has 17 heavy (non-hydrogen) atoms. The molecule has 0 bridgehead atoms. The predicted octanol–water partition coefficient (Wildman–Crippen LogP) is 2.22. The summed E-state index contributed by atoms with van der Waals surface area (Å²) in [5.74, 6) is 0.0210. The average Bonchev–Trinajstić information content (AvgIpc) is 2.26. The van der Waals surface area contributed by atoms with Crippen molar-refractivity contribution < 1.29 is 5.11 Å². The first-order chi connectivity index (χ1) is 8.06. The summed E-state index contributed by atoms with van der Waals surface area (Å²) in [7, 11) is 0. The fourth-order valence-electron chi connectivity index (χ4n) is 1.79. The number of nitrogens with zero attached hydrogens (tertiary/aromatic N) is 1. The molecule has 0 aliphatic carbocycles. The number of rotatable bonds is 2. The summed E-state index contributed by atoms with van der Waals surface area (Å²) in [5, 5.41) is 9.31. The number of pyridine rings is 1. The molecule has 0 radical (unpaired) electrons. The van der Waals surface area contributed by atoms with E-state index in [-0.39, 0.29) is 11.3 Å². The number of aromatic nitrogens is 1. The van der Waals surface area contributed by atoms with E-state index in [1.807, 2.05) is 38.1 Å². The van der Waals surface area contributed by atoms with E-state index in [0.717, 1.165) is 11.3 Å². The van der Waals surface area contributed by atoms with Gasteiger partial charge in [0, 0.05) is 11.8 Å². The van der Waals surface area contributed by atoms with Crippen LogP contribution in [0.1, 0.15) is 16.8 Å². The number of aromatic hydroxyl groups is 1. The van der Waals surface area contributed by atoms with Crippen molar-refractivity contribution in [2.24, 2.45) is 0 Å². The van der Waals surface area contributed by atoms with Crippen molar-refractivity contribution in [3.05, 3.63) is 63.6 Å². The summed E-state index contributed by atoms with van der Waals surface area (Å²) >= 11 is 0. The molecule has 1 heterocycles. The molecule has 0 aliphatic rings. The van der Waals surface area contributed by atoms with Crippen molar-refractivity contribution in [2.45, 2.75) is 20.4 Å². The Labute approximate surface area is 100.0 Å². The number of aryl methyl sites for hydroxylation is 2. The SMILES string of the molecule is Cc1ccc(Cn2c(C)cc(O)cc2=O)cc1. The zero-order valence-corrected chi connectivity index (χ0v) is 9.97. The Hall–Kier alpha value is -2.03. The van der Waals surface area contributed by atoms with Gasteiger partial charge in [-0.3, -0.25) is 4.79 Å². The van der Waals surface area contributed by atoms with Gasteiger partial charge in [-0.1, -0.05) is 29.8 Å². The fraction of sp³-hybridized carbons (Fsp3) is 0.214. The number of hydrogen-bond donors (Lipinski definition) is 1. The molecule has 1 aromatic carbocycles. The molecule has 1 N–H and O–H groups in total. The molecule has 1 aromatic heterocycles. The van der Waals surface area contributed by atoms with Crippen LogP contribution in [-0.4, -0.2) is 9.67 Å². The van der Waals surface area contributed by atoms with Crippen LogP contribution < -0.4 is 5.56 Å². The maximum absolute atomic E-state index is 11.7. The topological polar surface area (TPSA) is 42.2 Å². The van der Waals surface area contributed by atoms with E-state index in [4.69, 9.17) is 0 Å². The van der Waals surface area contributed by atoms with E-state index in [0.29, 0.717) is 6.54 Å². The monoisotopic (exact) mass is 229 g/mol. The van der Waals surface area contributed by atoms with E-state index in [1.165, 1.54) is 11.6 Å². The predicted molar refractivity (Wildman–Crippen MR) is 67.4 cm³/mol. The highest BCUT2D eigenvalue weighted by atomic mass is 16.3. The second-order valence-corrected chi connectivity index (χ2v) is 4.26. The zero-order valence-electron chi connectivity index (χ0n) is 9.97. The first-order valence-electron chi connectivity index (χ1n) is 5.52. The molecule has 88 valence electrons. The Bertz CT molecular complexity index is 582. The van der Waals surface area contributed by atoms with Crippen molar-refractivity contribution >= 4 is 0 Å². The van der Waals surface area contributed by atoms with Crippen LogP contribution in [0.4, 0.5) is 0 Å². The van der Waals surface area contributed by atoms with Gasteiger partial charge in [0.2, 0.25) is 0 Å². The Morgan fingerprint density at radius 3 is 2.35 bits per heavy atom. The summed E-state index contributed by atoms with van der Waals surface area (Å²) in [6.45, 7) is 4.38. The van der Waals surface area contributed by atoms with Gasteiger partial charge in [0.15, 0.2) is 0 Å². The Morgan fingerprint density at radius 1 is 1.12 bits per heavy atom. The molecule has 0 amide bonds. The standard InChI is InChI=1S/C14H15NO2/c1-10-3-5-12(6-4-10)9-15-11(2)7-13(16)8-14(15)17/h3-8,16H,9H2,1-2H3. The molecule has 0 unspecified atom stereocenters. The molecule has 0 saturated carbocycles. The third kappa shape index (κ3) is 2.56. The number of benzene rings is 1. The first-order valence-corrected chi connectivity index (χ1v) is 5.52. The van der Waals surface area contributed by atoms with Gasteiger partial charge in [-0.05, 0) is 25.5 Å². The van der Waals surface area contributed by atoms with Crippen LogP contribution in [0, 0.1) is 13.8 Å². The van der Waals surface area contributed by atoms with E-state index in [9.17, 15) is 9.90 Å². The van der Waals surface area contributed by atoms with Crippen LogP contribution in [-0.2, 0) is 6.54 Å². The van der Waals surface area contributed by atoms with Gasteiger partial charge in [-0.25, -0.2) is 0 Å². The van der Waals surface area contributed by atoms with Crippen LogP contribution in [0.3, 0.4) is 0 Å². The maximum atomic E-state index is 11.7. The lowest BCUT2D eigenvalue weighted by atomic mass is 10.1. The van der Waals surface area contributed by atoms with E-state index in [2.05, 4.69) is 0 Å². The summed E-state index contributed by atoms with van der Waals surface area (Å²) in [4.78, 5) is 11.7. The lowest BCUT2D eigenvalue weighted by molar-refractivity contribution is 0.470. The lowest BCUT2D eigenvalue weighted by Gasteiger charge is -2.10. The van der Waals surface area contributed by atoms with Crippen molar-refractivity contribution in [1.29, 1.82) is 0 Å². The highest BCUT2D eigenvalue weighted by Gasteiger charge is 2.03. The van der Waals surface area contributed by atoms with Crippen LogP contribution in [0.15, 0.2) is 41.2 Å². The van der Waals surface area contributed by atoms with E-state index < -0.39 is 0 Å². The van der Waals surface area contributed by atoms with E-state index in [1.54, 1.807) is 10.6 Å². The number of hydrogen-bond acceptors (Lipinski definition) is 2. The highest BCUT2D eigenvalue weighted by Crippen LogP contribution is 2.10. The summed E-state index contributed by atoms with van der Waals surface area (Å²) in [6, 6.07) is 10.9. The van der Waals surface area contributed by atoms with Gasteiger partial charge >= 0.3 is 0 Å². The molecular weight excluding hydrogens is 214 g/mol. The fourth-order valence-corrected chi connectivity index (χ4v) is 1.79. The normalized spacial score (nSPS) is 10.5. The van der Waals surface area contributed by atoms with Gasteiger partial charge in [-0.2, -0.15) is 0 Å². The summed E-state index contributed by atoms with van der Waals surface area (Å²) in [6.07, 6.45) is 0. The lowest BCUT2D eigenvalue weighted by Crippen LogP contribution is -2.21. The minimum Gasteiger partial charge on any atom is -0.508 e. The average molecular weight is 229 g/mol. The quantitative estimate of drug-likeness (QED) is 0.858. The molecule has 0 fully saturated rings.